The van der Waals surface area contributed by atoms with Gasteiger partial charge < -0.3 is 15.0 Å². The van der Waals surface area contributed by atoms with Gasteiger partial charge in [0.2, 0.25) is 5.88 Å². The first kappa shape index (κ1) is 26.4. The maximum atomic E-state index is 15.6. The van der Waals surface area contributed by atoms with E-state index in [1.165, 1.54) is 6.07 Å². The van der Waals surface area contributed by atoms with Crippen LogP contribution in [-0.4, -0.2) is 69.5 Å². The fourth-order valence-corrected chi connectivity index (χ4v) is 5.36. The molecule has 1 aliphatic carbocycles. The molecule has 4 heterocycles. The maximum absolute atomic E-state index is 15.6. The Kier molecular flexibility index (Phi) is 7.56. The minimum Gasteiger partial charge on any atom is -0.468 e. The van der Waals surface area contributed by atoms with E-state index in [1.807, 2.05) is 6.07 Å². The molecular weight excluding hydrogens is 502 g/mol. The van der Waals surface area contributed by atoms with Crippen molar-refractivity contribution in [1.29, 1.82) is 0 Å². The van der Waals surface area contributed by atoms with Gasteiger partial charge in [-0.2, -0.15) is 18.3 Å². The van der Waals surface area contributed by atoms with Crippen molar-refractivity contribution in [2.45, 2.75) is 62.8 Å². The Morgan fingerprint density at radius 3 is 2.71 bits per heavy atom. The molecule has 1 N–H and O–H groups in total. The number of ether oxygens (including phenoxy) is 1. The molecule has 11 heteroatoms. The Morgan fingerprint density at radius 1 is 1.13 bits per heavy atom. The summed E-state index contributed by atoms with van der Waals surface area (Å²) in [5.74, 6) is -0.190. The van der Waals surface area contributed by atoms with Crippen molar-refractivity contribution in [2.75, 3.05) is 26.2 Å². The highest BCUT2D eigenvalue weighted by Crippen LogP contribution is 2.35. The molecule has 38 heavy (non-hydrogen) atoms. The van der Waals surface area contributed by atoms with Gasteiger partial charge in [-0.05, 0) is 62.3 Å². The highest BCUT2D eigenvalue weighted by Gasteiger charge is 2.36. The van der Waals surface area contributed by atoms with Gasteiger partial charge in [-0.3, -0.25) is 4.79 Å². The molecule has 0 radical (unpaired) electrons. The third kappa shape index (κ3) is 6.43. The molecular formula is C27H31F4N5O2. The number of pyridine rings is 1. The Labute approximate surface area is 218 Å². The Morgan fingerprint density at radius 2 is 1.92 bits per heavy atom. The van der Waals surface area contributed by atoms with Crippen molar-refractivity contribution in [3.8, 4) is 5.88 Å². The van der Waals surface area contributed by atoms with Gasteiger partial charge in [-0.25, -0.2) is 13.9 Å². The molecule has 0 spiro atoms. The first-order valence-electron chi connectivity index (χ1n) is 13.0. The van der Waals surface area contributed by atoms with Crippen LogP contribution in [0.4, 0.5) is 17.6 Å². The molecule has 1 saturated carbocycles. The largest absolute Gasteiger partial charge is 0.468 e. The van der Waals surface area contributed by atoms with Crippen LogP contribution in [0.15, 0.2) is 42.7 Å². The number of aromatic nitrogens is 3. The summed E-state index contributed by atoms with van der Waals surface area (Å²) in [6.07, 6.45) is 2.65. The maximum Gasteiger partial charge on any atom is 0.422 e. The third-order valence-corrected chi connectivity index (χ3v) is 7.56. The lowest BCUT2D eigenvalue weighted by molar-refractivity contribution is -0.154. The number of halogens is 4. The molecule has 204 valence electrons. The van der Waals surface area contributed by atoms with Crippen LogP contribution < -0.4 is 10.1 Å². The van der Waals surface area contributed by atoms with Crippen molar-refractivity contribution in [2.24, 2.45) is 0 Å². The van der Waals surface area contributed by atoms with Crippen molar-refractivity contribution in [3.63, 3.8) is 0 Å². The van der Waals surface area contributed by atoms with Gasteiger partial charge in [0.05, 0.1) is 11.1 Å². The smallest absolute Gasteiger partial charge is 0.422 e. The second kappa shape index (κ2) is 10.9. The second-order valence-corrected chi connectivity index (χ2v) is 10.2. The number of amides is 1. The topological polar surface area (TPSA) is 71.8 Å². The van der Waals surface area contributed by atoms with E-state index in [1.54, 1.807) is 35.1 Å². The number of hydrogen-bond acceptors (Lipinski definition) is 5. The Balaban J connectivity index is 1.08. The molecule has 0 saturated heterocycles. The lowest BCUT2D eigenvalue weighted by atomic mass is 9.81. The number of hydrogen-bond donors (Lipinski definition) is 1. The third-order valence-electron chi connectivity index (χ3n) is 7.56. The van der Waals surface area contributed by atoms with E-state index in [0.717, 1.165) is 23.3 Å². The van der Waals surface area contributed by atoms with Gasteiger partial charge in [0.25, 0.3) is 5.91 Å². The number of nitrogens with one attached hydrogen (secondary N) is 1. The molecule has 1 aliphatic heterocycles. The molecule has 0 aromatic carbocycles. The molecule has 0 atom stereocenters. The molecule has 0 unspecified atom stereocenters. The summed E-state index contributed by atoms with van der Waals surface area (Å²) >= 11 is 0. The zero-order chi connectivity index (χ0) is 26.8. The molecule has 5 rings (SSSR count). The van der Waals surface area contributed by atoms with Crippen molar-refractivity contribution in [1.82, 2.24) is 24.8 Å². The van der Waals surface area contributed by atoms with E-state index in [0.29, 0.717) is 63.6 Å². The Bertz CT molecular complexity index is 1270. The van der Waals surface area contributed by atoms with Gasteiger partial charge in [-0.15, -0.1) is 0 Å². The molecule has 2 aliphatic rings. The predicted molar refractivity (Wildman–Crippen MR) is 133 cm³/mol. The van der Waals surface area contributed by atoms with Gasteiger partial charge in [0.1, 0.15) is 5.67 Å². The van der Waals surface area contributed by atoms with E-state index in [9.17, 15) is 18.0 Å². The minimum absolute atomic E-state index is 0.0249. The monoisotopic (exact) mass is 533 g/mol. The molecule has 7 nitrogen and oxygen atoms in total. The van der Waals surface area contributed by atoms with Crippen LogP contribution in [0.25, 0.3) is 5.52 Å². The molecule has 3 aromatic heterocycles. The van der Waals surface area contributed by atoms with Gasteiger partial charge in [0.15, 0.2) is 6.61 Å². The second-order valence-electron chi connectivity index (χ2n) is 10.2. The standard InChI is InChI=1S/C27H31F4N5O2/c28-26(10-5-20(6-11-26)33-25(37)21-8-16-36-23(21)2-1-13-32-36)12-17-35-14-7-19-3-4-24(34-22(19)9-15-35)38-18-27(29,30)31/h1-4,8,13,16,20H,5-7,9-12,14-15,17-18H2,(H,33,37). The van der Waals surface area contributed by atoms with Crippen LogP contribution >= 0.6 is 0 Å². The number of carbonyl (C=O) groups excluding carboxylic acids is 1. The molecule has 1 amide bonds. The average molecular weight is 534 g/mol. The summed E-state index contributed by atoms with van der Waals surface area (Å²) in [6, 6.07) is 8.55. The average Bonchev–Trinajstić information content (AvgIpc) is 3.22. The van der Waals surface area contributed by atoms with Crippen molar-refractivity contribution in [3.05, 3.63) is 59.5 Å². The Hall–Kier alpha value is -3.21. The molecule has 3 aromatic rings. The molecule has 1 fully saturated rings. The van der Waals surface area contributed by atoms with Crippen molar-refractivity contribution < 1.29 is 27.1 Å². The predicted octanol–water partition coefficient (Wildman–Crippen LogP) is 4.54. The first-order valence-corrected chi connectivity index (χ1v) is 13.0. The van der Waals surface area contributed by atoms with Crippen LogP contribution in [0.5, 0.6) is 5.88 Å². The summed E-state index contributed by atoms with van der Waals surface area (Å²) in [5, 5.41) is 7.24. The van der Waals surface area contributed by atoms with E-state index >= 15 is 4.39 Å². The number of alkyl halides is 4. The number of rotatable bonds is 7. The summed E-state index contributed by atoms with van der Waals surface area (Å²) < 4.78 is 59.4. The summed E-state index contributed by atoms with van der Waals surface area (Å²) in [5.41, 5.74) is 1.76. The first-order chi connectivity index (χ1) is 18.2. The quantitative estimate of drug-likeness (QED) is 0.452. The van der Waals surface area contributed by atoms with E-state index < -0.39 is 18.5 Å². The van der Waals surface area contributed by atoms with E-state index in [2.05, 4.69) is 20.3 Å². The van der Waals surface area contributed by atoms with Gasteiger partial charge >= 0.3 is 6.18 Å². The summed E-state index contributed by atoms with van der Waals surface area (Å²) in [6.45, 7) is 0.641. The van der Waals surface area contributed by atoms with Crippen LogP contribution in [0.2, 0.25) is 0 Å². The fraction of sp³-hybridized carbons (Fsp3) is 0.519. The number of nitrogens with zero attached hydrogens (tertiary/aromatic N) is 4. The SMILES string of the molecule is O=C(NC1CCC(F)(CCN2CCc3ccc(OCC(F)(F)F)nc3CC2)CC1)c1ccn2ncccc12. The van der Waals surface area contributed by atoms with Gasteiger partial charge in [-0.1, -0.05) is 6.07 Å². The molecule has 0 bridgehead atoms. The van der Waals surface area contributed by atoms with Crippen LogP contribution in [-0.2, 0) is 12.8 Å². The summed E-state index contributed by atoms with van der Waals surface area (Å²) in [7, 11) is 0. The zero-order valence-electron chi connectivity index (χ0n) is 21.0. The van der Waals surface area contributed by atoms with Crippen LogP contribution in [0, 0.1) is 0 Å². The van der Waals surface area contributed by atoms with Gasteiger partial charge in [0, 0.05) is 56.3 Å². The summed E-state index contributed by atoms with van der Waals surface area (Å²) in [4.78, 5) is 19.3. The lowest BCUT2D eigenvalue weighted by Crippen LogP contribution is -2.43. The normalized spacial score (nSPS) is 22.6. The zero-order valence-corrected chi connectivity index (χ0v) is 21.0. The van der Waals surface area contributed by atoms with Crippen molar-refractivity contribution >= 4 is 11.4 Å². The fourth-order valence-electron chi connectivity index (χ4n) is 5.36. The minimum atomic E-state index is -4.41. The van der Waals surface area contributed by atoms with E-state index in [-0.39, 0.29) is 17.8 Å². The number of carbonyl (C=O) groups is 1. The van der Waals surface area contributed by atoms with E-state index in [4.69, 9.17) is 4.74 Å². The van der Waals surface area contributed by atoms with Crippen LogP contribution in [0.1, 0.15) is 53.7 Å². The highest BCUT2D eigenvalue weighted by atomic mass is 19.4. The number of fused-ring (bicyclic) bond motifs is 2. The van der Waals surface area contributed by atoms with Crippen LogP contribution in [0.3, 0.4) is 0 Å². The lowest BCUT2D eigenvalue weighted by Gasteiger charge is -2.35. The highest BCUT2D eigenvalue weighted by molar-refractivity contribution is 6.01.